The van der Waals surface area contributed by atoms with Crippen LogP contribution in [0.15, 0.2) is 30.3 Å². The topological polar surface area (TPSA) is 46.3 Å². The summed E-state index contributed by atoms with van der Waals surface area (Å²) >= 11 is 0. The maximum atomic E-state index is 12.7. The molecule has 2 aliphatic rings. The molecule has 1 saturated carbocycles. The molecule has 3 rings (SSSR count). The largest absolute Gasteiger partial charge is 0.334 e. The van der Waals surface area contributed by atoms with Crippen LogP contribution in [0.5, 0.6) is 0 Å². The van der Waals surface area contributed by atoms with Crippen molar-refractivity contribution >= 4 is 5.91 Å². The Morgan fingerprint density at radius 1 is 1.26 bits per heavy atom. The van der Waals surface area contributed by atoms with Crippen LogP contribution in [0.25, 0.3) is 0 Å². The molecule has 1 amide bonds. The molecular formula is C16H22N2O. The molecule has 2 fully saturated rings. The fourth-order valence-corrected chi connectivity index (χ4v) is 3.20. The van der Waals surface area contributed by atoms with Crippen LogP contribution in [0.2, 0.25) is 0 Å². The van der Waals surface area contributed by atoms with E-state index in [0.29, 0.717) is 5.92 Å². The van der Waals surface area contributed by atoms with Crippen molar-refractivity contribution in [2.75, 3.05) is 6.54 Å². The van der Waals surface area contributed by atoms with Crippen molar-refractivity contribution in [3.63, 3.8) is 0 Å². The number of nitrogens with zero attached hydrogens (tertiary/aromatic N) is 1. The van der Waals surface area contributed by atoms with Crippen LogP contribution >= 0.6 is 0 Å². The number of nitrogens with two attached hydrogens (primary N) is 1. The predicted octanol–water partition coefficient (Wildman–Crippen LogP) is 2.48. The maximum absolute atomic E-state index is 12.7. The summed E-state index contributed by atoms with van der Waals surface area (Å²) in [4.78, 5) is 14.7. The molecule has 102 valence electrons. The van der Waals surface area contributed by atoms with Crippen molar-refractivity contribution < 1.29 is 4.79 Å². The first-order valence-electron chi connectivity index (χ1n) is 7.25. The average Bonchev–Trinajstić information content (AvgIpc) is 3.18. The molecule has 19 heavy (non-hydrogen) atoms. The first kappa shape index (κ1) is 12.7. The van der Waals surface area contributed by atoms with E-state index in [4.69, 9.17) is 5.73 Å². The summed E-state index contributed by atoms with van der Waals surface area (Å²) in [5, 5.41) is 0. The molecule has 0 aromatic heterocycles. The van der Waals surface area contributed by atoms with Crippen LogP contribution in [0.1, 0.15) is 44.2 Å². The van der Waals surface area contributed by atoms with Crippen LogP contribution < -0.4 is 5.73 Å². The fraction of sp³-hybridized carbons (Fsp3) is 0.562. The number of hydrogen-bond donors (Lipinski definition) is 1. The number of rotatable bonds is 3. The summed E-state index contributed by atoms with van der Waals surface area (Å²) in [6.07, 6.45) is 4.33. The third-order valence-corrected chi connectivity index (χ3v) is 4.58. The zero-order chi connectivity index (χ0) is 13.5. The summed E-state index contributed by atoms with van der Waals surface area (Å²) in [5.74, 6) is 0.526. The molecule has 0 bridgehead atoms. The Labute approximate surface area is 114 Å². The minimum absolute atomic E-state index is 0.140. The van der Waals surface area contributed by atoms with E-state index in [-0.39, 0.29) is 11.9 Å². The van der Waals surface area contributed by atoms with Crippen LogP contribution in [0.4, 0.5) is 0 Å². The number of amides is 1. The molecule has 3 nitrogen and oxygen atoms in total. The Kier molecular flexibility index (Phi) is 3.09. The van der Waals surface area contributed by atoms with Crippen LogP contribution in [-0.4, -0.2) is 22.9 Å². The Hall–Kier alpha value is -1.35. The Morgan fingerprint density at radius 3 is 2.58 bits per heavy atom. The molecule has 2 N–H and O–H groups in total. The smallest absolute Gasteiger partial charge is 0.243 e. The van der Waals surface area contributed by atoms with Crippen molar-refractivity contribution in [3.8, 4) is 0 Å². The highest BCUT2D eigenvalue weighted by atomic mass is 16.2. The Bertz CT molecular complexity index is 465. The molecule has 1 aliphatic carbocycles. The van der Waals surface area contributed by atoms with Gasteiger partial charge in [-0.05, 0) is 44.1 Å². The highest BCUT2D eigenvalue weighted by Gasteiger charge is 2.47. The highest BCUT2D eigenvalue weighted by molar-refractivity contribution is 5.87. The molecule has 1 aliphatic heterocycles. The highest BCUT2D eigenvalue weighted by Crippen LogP contribution is 2.41. The molecule has 1 saturated heterocycles. The summed E-state index contributed by atoms with van der Waals surface area (Å²) in [6, 6.07) is 10.5. The molecule has 2 atom stereocenters. The SMILES string of the molecule is CC(N)(C(=O)N1CCCC1c1ccccc1)C1CC1. The van der Waals surface area contributed by atoms with Gasteiger partial charge in [0.1, 0.15) is 0 Å². The third-order valence-electron chi connectivity index (χ3n) is 4.58. The minimum atomic E-state index is -0.669. The number of carbonyl (C=O) groups excluding carboxylic acids is 1. The second-order valence-electron chi connectivity index (χ2n) is 6.12. The van der Waals surface area contributed by atoms with Crippen LogP contribution in [0.3, 0.4) is 0 Å². The van der Waals surface area contributed by atoms with Crippen molar-refractivity contribution in [1.29, 1.82) is 0 Å². The van der Waals surface area contributed by atoms with Gasteiger partial charge in [0.05, 0.1) is 11.6 Å². The summed E-state index contributed by atoms with van der Waals surface area (Å²) in [5.41, 5.74) is 6.86. The zero-order valence-electron chi connectivity index (χ0n) is 11.5. The molecule has 3 heteroatoms. The van der Waals surface area contributed by atoms with Gasteiger partial charge in [-0.25, -0.2) is 0 Å². The molecular weight excluding hydrogens is 236 g/mol. The molecule has 2 unspecified atom stereocenters. The molecule has 1 aromatic carbocycles. The van der Waals surface area contributed by atoms with Gasteiger partial charge in [0.15, 0.2) is 0 Å². The lowest BCUT2D eigenvalue weighted by Gasteiger charge is -2.33. The number of hydrogen-bond acceptors (Lipinski definition) is 2. The van der Waals surface area contributed by atoms with E-state index in [2.05, 4.69) is 12.1 Å². The Morgan fingerprint density at radius 2 is 1.95 bits per heavy atom. The first-order chi connectivity index (χ1) is 9.10. The number of carbonyl (C=O) groups is 1. The summed E-state index contributed by atoms with van der Waals surface area (Å²) < 4.78 is 0. The van der Waals surface area contributed by atoms with Gasteiger partial charge in [-0.3, -0.25) is 4.79 Å². The quantitative estimate of drug-likeness (QED) is 0.905. The molecule has 0 radical (unpaired) electrons. The van der Waals surface area contributed by atoms with Gasteiger partial charge in [0, 0.05) is 6.54 Å². The van der Waals surface area contributed by atoms with Gasteiger partial charge >= 0.3 is 0 Å². The second kappa shape index (κ2) is 4.64. The lowest BCUT2D eigenvalue weighted by molar-refractivity contribution is -0.138. The lowest BCUT2D eigenvalue weighted by Crippen LogP contribution is -2.54. The van der Waals surface area contributed by atoms with Gasteiger partial charge in [-0.2, -0.15) is 0 Å². The summed E-state index contributed by atoms with van der Waals surface area (Å²) in [6.45, 7) is 2.76. The van der Waals surface area contributed by atoms with E-state index in [0.717, 1.165) is 32.2 Å². The van der Waals surface area contributed by atoms with Crippen LogP contribution in [0, 0.1) is 5.92 Å². The third kappa shape index (κ3) is 2.27. The number of likely N-dealkylation sites (tertiary alicyclic amines) is 1. The van der Waals surface area contributed by atoms with E-state index >= 15 is 0 Å². The van der Waals surface area contributed by atoms with Gasteiger partial charge in [0.25, 0.3) is 0 Å². The van der Waals surface area contributed by atoms with E-state index in [1.165, 1.54) is 5.56 Å². The van der Waals surface area contributed by atoms with Crippen molar-refractivity contribution in [3.05, 3.63) is 35.9 Å². The monoisotopic (exact) mass is 258 g/mol. The maximum Gasteiger partial charge on any atom is 0.243 e. The van der Waals surface area contributed by atoms with Crippen molar-refractivity contribution in [2.45, 2.75) is 44.2 Å². The second-order valence-corrected chi connectivity index (χ2v) is 6.12. The van der Waals surface area contributed by atoms with Gasteiger partial charge < -0.3 is 10.6 Å². The van der Waals surface area contributed by atoms with Crippen molar-refractivity contribution in [2.24, 2.45) is 11.7 Å². The van der Waals surface area contributed by atoms with Crippen LogP contribution in [-0.2, 0) is 4.79 Å². The minimum Gasteiger partial charge on any atom is -0.334 e. The molecule has 1 aromatic rings. The van der Waals surface area contributed by atoms with Gasteiger partial charge in [0.2, 0.25) is 5.91 Å². The number of benzene rings is 1. The van der Waals surface area contributed by atoms with E-state index in [9.17, 15) is 4.79 Å². The Balaban J connectivity index is 1.82. The molecule has 1 heterocycles. The fourth-order valence-electron chi connectivity index (χ4n) is 3.20. The normalized spacial score (nSPS) is 26.2. The molecule has 0 spiro atoms. The van der Waals surface area contributed by atoms with E-state index in [1.54, 1.807) is 0 Å². The summed E-state index contributed by atoms with van der Waals surface area (Å²) in [7, 11) is 0. The first-order valence-corrected chi connectivity index (χ1v) is 7.25. The standard InChI is InChI=1S/C16H22N2O/c1-16(17,13-9-10-13)15(19)18-11-5-8-14(18)12-6-3-2-4-7-12/h2-4,6-7,13-14H,5,8-11,17H2,1H3. The average molecular weight is 258 g/mol. The van der Waals surface area contributed by atoms with Gasteiger partial charge in [-0.15, -0.1) is 0 Å². The predicted molar refractivity (Wildman–Crippen MR) is 75.4 cm³/mol. The van der Waals surface area contributed by atoms with E-state index < -0.39 is 5.54 Å². The van der Waals surface area contributed by atoms with E-state index in [1.807, 2.05) is 30.0 Å². The lowest BCUT2D eigenvalue weighted by atomic mass is 9.94. The van der Waals surface area contributed by atoms with Crippen molar-refractivity contribution in [1.82, 2.24) is 4.90 Å². The zero-order valence-corrected chi connectivity index (χ0v) is 11.5. The van der Waals surface area contributed by atoms with Gasteiger partial charge in [-0.1, -0.05) is 30.3 Å².